The van der Waals surface area contributed by atoms with Crippen molar-refractivity contribution in [3.05, 3.63) is 52.2 Å². The second-order valence-electron chi connectivity index (χ2n) is 5.68. The molecular weight excluding hydrogens is 391 g/mol. The monoisotopic (exact) mass is 408 g/mol. The predicted molar refractivity (Wildman–Crippen MR) is 92.6 cm³/mol. The lowest BCUT2D eigenvalue weighted by Gasteiger charge is -2.09. The van der Waals surface area contributed by atoms with Crippen molar-refractivity contribution in [1.29, 1.82) is 0 Å². The summed E-state index contributed by atoms with van der Waals surface area (Å²) >= 11 is 5.80. The van der Waals surface area contributed by atoms with Crippen LogP contribution in [0.5, 0.6) is 0 Å². The van der Waals surface area contributed by atoms with Crippen LogP contribution in [0.4, 0.5) is 19.0 Å². The van der Waals surface area contributed by atoms with Gasteiger partial charge in [0.15, 0.2) is 0 Å². The minimum absolute atomic E-state index is 0.0282. The van der Waals surface area contributed by atoms with E-state index in [4.69, 9.17) is 11.6 Å². The topological polar surface area (TPSA) is 72.3 Å². The molecule has 0 saturated carbocycles. The molecule has 0 unspecified atom stereocenters. The Bertz CT molecular complexity index is 902. The lowest BCUT2D eigenvalue weighted by Crippen LogP contribution is -2.30. The summed E-state index contributed by atoms with van der Waals surface area (Å²) in [5.74, 6) is 0.171. The summed E-state index contributed by atoms with van der Waals surface area (Å²) in [6.45, 7) is 3.86. The first-order chi connectivity index (χ1) is 12.0. The number of halogens is 4. The van der Waals surface area contributed by atoms with Crippen molar-refractivity contribution in [2.24, 2.45) is 0 Å². The van der Waals surface area contributed by atoms with Gasteiger partial charge in [0.1, 0.15) is 11.2 Å². The highest BCUT2D eigenvalue weighted by Gasteiger charge is 2.32. The van der Waals surface area contributed by atoms with E-state index >= 15 is 0 Å². The van der Waals surface area contributed by atoms with Crippen molar-refractivity contribution in [3.63, 3.8) is 0 Å². The van der Waals surface area contributed by atoms with Gasteiger partial charge in [-0.1, -0.05) is 17.7 Å². The Morgan fingerprint density at radius 2 is 1.81 bits per heavy atom. The average Bonchev–Trinajstić information content (AvgIpc) is 2.54. The maximum absolute atomic E-state index is 12.6. The van der Waals surface area contributed by atoms with Crippen molar-refractivity contribution in [3.8, 4) is 0 Å². The van der Waals surface area contributed by atoms with Crippen molar-refractivity contribution in [2.75, 3.05) is 18.4 Å². The van der Waals surface area contributed by atoms with Crippen LogP contribution < -0.4 is 15.0 Å². The molecule has 0 atom stereocenters. The molecule has 10 heteroatoms. The number of benzene rings is 1. The van der Waals surface area contributed by atoms with E-state index in [-0.39, 0.29) is 28.8 Å². The van der Waals surface area contributed by atoms with E-state index in [1.807, 2.05) is 13.8 Å². The second kappa shape index (κ2) is 7.81. The minimum Gasteiger partial charge on any atom is -0.272 e. The molecule has 0 fully saturated rings. The van der Waals surface area contributed by atoms with Crippen molar-refractivity contribution < 1.29 is 26.6 Å². The Morgan fingerprint density at radius 3 is 2.38 bits per heavy atom. The van der Waals surface area contributed by atoms with E-state index in [0.29, 0.717) is 0 Å². The Hall–Kier alpha value is -1.84. The maximum Gasteiger partial charge on any atom is 0.419 e. The quantitative estimate of drug-likeness (QED) is 0.721. The third-order valence-electron chi connectivity index (χ3n) is 3.73. The summed E-state index contributed by atoms with van der Waals surface area (Å²) in [7, 11) is -3.67. The lowest BCUT2D eigenvalue weighted by molar-refractivity contribution is -0.364. The molecule has 2 rings (SSSR count). The summed E-state index contributed by atoms with van der Waals surface area (Å²) in [6.07, 6.45) is -3.71. The van der Waals surface area contributed by atoms with Gasteiger partial charge in [0.05, 0.1) is 17.0 Å². The normalized spacial score (nSPS) is 12.2. The highest BCUT2D eigenvalue weighted by atomic mass is 35.5. The lowest BCUT2D eigenvalue weighted by atomic mass is 10.1. The Kier molecular flexibility index (Phi) is 6.15. The maximum atomic E-state index is 12.6. The molecule has 3 N–H and O–H groups in total. The predicted octanol–water partition coefficient (Wildman–Crippen LogP) is 3.18. The molecule has 0 radical (unpaired) electrons. The van der Waals surface area contributed by atoms with E-state index in [1.54, 1.807) is 12.1 Å². The molecule has 0 aliphatic rings. The van der Waals surface area contributed by atoms with Gasteiger partial charge >= 0.3 is 6.18 Å². The summed E-state index contributed by atoms with van der Waals surface area (Å²) in [6, 6.07) is 5.60. The standard InChI is InChI=1S/C16H17ClF3N3O2S/c1-10-3-4-13(7-11(10)2)26(24,25)23-6-5-21-15-14(17)8-12(9-22-15)16(18,19)20/h3-4,7-9,23H,5-6H2,1-2H3,(H,21,22)/p+1. The smallest absolute Gasteiger partial charge is 0.272 e. The molecule has 2 aromatic rings. The molecule has 0 saturated heterocycles. The van der Waals surface area contributed by atoms with E-state index < -0.39 is 21.8 Å². The van der Waals surface area contributed by atoms with Crippen LogP contribution in [0.15, 0.2) is 35.4 Å². The summed E-state index contributed by atoms with van der Waals surface area (Å²) < 4.78 is 64.6. The largest absolute Gasteiger partial charge is 0.419 e. The Morgan fingerprint density at radius 1 is 1.12 bits per heavy atom. The van der Waals surface area contributed by atoms with Crippen LogP contribution in [-0.4, -0.2) is 21.5 Å². The molecule has 1 aromatic heterocycles. The minimum atomic E-state index is -4.50. The first kappa shape index (κ1) is 20.5. The first-order valence-corrected chi connectivity index (χ1v) is 9.46. The van der Waals surface area contributed by atoms with Gasteiger partial charge in [0, 0.05) is 6.54 Å². The molecule has 5 nitrogen and oxygen atoms in total. The van der Waals surface area contributed by atoms with Crippen LogP contribution in [0.3, 0.4) is 0 Å². The summed E-state index contributed by atoms with van der Waals surface area (Å²) in [5, 5.41) is 2.61. The highest BCUT2D eigenvalue weighted by molar-refractivity contribution is 7.89. The van der Waals surface area contributed by atoms with Crippen molar-refractivity contribution >= 4 is 27.4 Å². The van der Waals surface area contributed by atoms with E-state index in [2.05, 4.69) is 15.0 Å². The highest BCUT2D eigenvalue weighted by Crippen LogP contribution is 2.31. The molecule has 26 heavy (non-hydrogen) atoms. The van der Waals surface area contributed by atoms with Gasteiger partial charge in [-0.15, -0.1) is 0 Å². The average molecular weight is 409 g/mol. The fourth-order valence-electron chi connectivity index (χ4n) is 2.11. The van der Waals surface area contributed by atoms with Gasteiger partial charge in [-0.05, 0) is 43.2 Å². The molecular formula is C16H18ClF3N3O2S+. The zero-order valence-electron chi connectivity index (χ0n) is 14.0. The summed E-state index contributed by atoms with van der Waals surface area (Å²) in [5.41, 5.74) is 0.943. The van der Waals surface area contributed by atoms with Crippen molar-refractivity contribution in [2.45, 2.75) is 24.9 Å². The fourth-order valence-corrected chi connectivity index (χ4v) is 3.46. The van der Waals surface area contributed by atoms with Crippen LogP contribution in [0.2, 0.25) is 5.02 Å². The van der Waals surface area contributed by atoms with E-state index in [1.165, 1.54) is 6.07 Å². The van der Waals surface area contributed by atoms with Crippen molar-refractivity contribution in [1.82, 2.24) is 4.72 Å². The number of alkyl halides is 3. The molecule has 0 aliphatic heterocycles. The van der Waals surface area contributed by atoms with Crippen LogP contribution in [0.1, 0.15) is 16.7 Å². The zero-order valence-corrected chi connectivity index (χ0v) is 15.6. The van der Waals surface area contributed by atoms with Gasteiger partial charge < -0.3 is 0 Å². The van der Waals surface area contributed by atoms with Crippen LogP contribution in [0, 0.1) is 13.8 Å². The number of aryl methyl sites for hydroxylation is 2. The molecule has 1 heterocycles. The number of H-pyrrole nitrogens is 1. The second-order valence-corrected chi connectivity index (χ2v) is 7.85. The molecule has 0 spiro atoms. The van der Waals surface area contributed by atoms with Gasteiger partial charge in [0.25, 0.3) is 5.82 Å². The third kappa shape index (κ3) is 5.09. The zero-order chi connectivity index (χ0) is 19.5. The van der Waals surface area contributed by atoms with Gasteiger partial charge in [-0.2, -0.15) is 13.2 Å². The van der Waals surface area contributed by atoms with Crippen LogP contribution in [0.25, 0.3) is 0 Å². The van der Waals surface area contributed by atoms with Crippen LogP contribution >= 0.6 is 11.6 Å². The number of sulfonamides is 1. The molecule has 0 aliphatic carbocycles. The van der Waals surface area contributed by atoms with Crippen LogP contribution in [-0.2, 0) is 16.2 Å². The SMILES string of the molecule is Cc1ccc(S(=O)(=O)NCCNc2[nH+]cc(C(F)(F)F)cc2Cl)cc1C. The number of aromatic amines is 1. The number of pyridine rings is 1. The molecule has 0 bridgehead atoms. The number of aromatic nitrogens is 1. The van der Waals surface area contributed by atoms with E-state index in [0.717, 1.165) is 23.4 Å². The van der Waals surface area contributed by atoms with Gasteiger partial charge in [-0.25, -0.2) is 18.1 Å². The summed E-state index contributed by atoms with van der Waals surface area (Å²) in [4.78, 5) is 2.57. The first-order valence-electron chi connectivity index (χ1n) is 7.60. The van der Waals surface area contributed by atoms with Gasteiger partial charge in [-0.3, -0.25) is 5.32 Å². The molecule has 1 aromatic carbocycles. The number of rotatable bonds is 6. The van der Waals surface area contributed by atoms with E-state index in [9.17, 15) is 21.6 Å². The third-order valence-corrected chi connectivity index (χ3v) is 5.48. The number of hydrogen-bond acceptors (Lipinski definition) is 3. The molecule has 0 amide bonds. The number of anilines is 1. The Balaban J connectivity index is 1.95. The Labute approximate surface area is 154 Å². The fraction of sp³-hybridized carbons (Fsp3) is 0.312. The number of nitrogens with one attached hydrogen (secondary N) is 3. The molecule has 142 valence electrons. The number of hydrogen-bond donors (Lipinski definition) is 2. The van der Waals surface area contributed by atoms with Gasteiger partial charge in [0.2, 0.25) is 10.0 Å².